The predicted molar refractivity (Wildman–Crippen MR) is 66.7 cm³/mol. The third kappa shape index (κ3) is 3.00. The molecule has 96 valence electrons. The van der Waals surface area contributed by atoms with Gasteiger partial charge in [0.1, 0.15) is 5.60 Å². The number of carbonyl (C=O) groups is 1. The zero-order valence-electron chi connectivity index (χ0n) is 11.0. The van der Waals surface area contributed by atoms with Crippen molar-refractivity contribution in [2.24, 2.45) is 5.73 Å². The zero-order chi connectivity index (χ0) is 12.7. The van der Waals surface area contributed by atoms with Crippen LogP contribution in [0.1, 0.15) is 40.0 Å². The molecule has 0 bridgehead atoms. The monoisotopic (exact) mass is 238 g/mol. The fourth-order valence-corrected chi connectivity index (χ4v) is 2.07. The van der Waals surface area contributed by atoms with Crippen molar-refractivity contribution in [3.05, 3.63) is 11.6 Å². The van der Waals surface area contributed by atoms with Gasteiger partial charge in [-0.1, -0.05) is 11.6 Å². The maximum atomic E-state index is 11.8. The van der Waals surface area contributed by atoms with Crippen molar-refractivity contribution in [3.8, 4) is 0 Å². The lowest BCUT2D eigenvalue weighted by molar-refractivity contribution is 0.0264. The molecule has 2 N–H and O–H groups in total. The fourth-order valence-electron chi connectivity index (χ4n) is 2.07. The van der Waals surface area contributed by atoms with E-state index in [1.807, 2.05) is 20.8 Å². The summed E-state index contributed by atoms with van der Waals surface area (Å²) in [6, 6.07) is 0. The number of nitrogens with zero attached hydrogens (tertiary/aromatic N) is 1. The predicted octanol–water partition coefficient (Wildman–Crippen LogP) is 2.04. The van der Waals surface area contributed by atoms with Gasteiger partial charge in [-0.3, -0.25) is 0 Å². The summed E-state index contributed by atoms with van der Waals surface area (Å²) < 4.78 is 5.34. The smallest absolute Gasteiger partial charge is 0.410 e. The fraction of sp³-hybridized carbons (Fsp3) is 0.769. The van der Waals surface area contributed by atoms with Gasteiger partial charge in [0.2, 0.25) is 0 Å². The molecule has 4 heteroatoms. The lowest BCUT2D eigenvalue weighted by atomic mass is 9.99. The average molecular weight is 238 g/mol. The number of hydrogen-bond acceptors (Lipinski definition) is 3. The van der Waals surface area contributed by atoms with Crippen molar-refractivity contribution in [1.82, 2.24) is 4.90 Å². The Kier molecular flexibility index (Phi) is 2.94. The van der Waals surface area contributed by atoms with Crippen molar-refractivity contribution < 1.29 is 9.53 Å². The van der Waals surface area contributed by atoms with E-state index in [4.69, 9.17) is 10.5 Å². The van der Waals surface area contributed by atoms with E-state index in [0.717, 1.165) is 25.8 Å². The molecule has 0 atom stereocenters. The van der Waals surface area contributed by atoms with Crippen molar-refractivity contribution in [3.63, 3.8) is 0 Å². The Morgan fingerprint density at radius 2 is 2.12 bits per heavy atom. The van der Waals surface area contributed by atoms with Crippen LogP contribution in [-0.2, 0) is 4.74 Å². The van der Waals surface area contributed by atoms with E-state index in [-0.39, 0.29) is 11.6 Å². The minimum Gasteiger partial charge on any atom is -0.444 e. The molecule has 0 saturated heterocycles. The summed E-state index contributed by atoms with van der Waals surface area (Å²) in [6.07, 6.45) is 4.93. The van der Waals surface area contributed by atoms with E-state index in [0.29, 0.717) is 6.54 Å². The van der Waals surface area contributed by atoms with Crippen LogP contribution in [0.15, 0.2) is 11.6 Å². The van der Waals surface area contributed by atoms with Crippen molar-refractivity contribution in [2.45, 2.75) is 51.2 Å². The van der Waals surface area contributed by atoms with Crippen molar-refractivity contribution in [2.75, 3.05) is 13.1 Å². The van der Waals surface area contributed by atoms with Gasteiger partial charge < -0.3 is 15.4 Å². The molecule has 0 aromatic heterocycles. The summed E-state index contributed by atoms with van der Waals surface area (Å²) in [7, 11) is 0. The van der Waals surface area contributed by atoms with E-state index in [1.165, 1.54) is 5.57 Å². The highest BCUT2D eigenvalue weighted by molar-refractivity contribution is 5.68. The summed E-state index contributed by atoms with van der Waals surface area (Å²) in [5.41, 5.74) is 6.99. The van der Waals surface area contributed by atoms with E-state index >= 15 is 0 Å². The molecule has 1 saturated carbocycles. The third-order valence-corrected chi connectivity index (χ3v) is 3.29. The molecule has 0 aromatic carbocycles. The molecule has 1 amide bonds. The van der Waals surface area contributed by atoms with Crippen LogP contribution in [-0.4, -0.2) is 35.2 Å². The molecule has 17 heavy (non-hydrogen) atoms. The van der Waals surface area contributed by atoms with Crippen LogP contribution in [0, 0.1) is 0 Å². The molecule has 2 rings (SSSR count). The molecule has 1 heterocycles. The topological polar surface area (TPSA) is 55.6 Å². The molecule has 0 radical (unpaired) electrons. The molecule has 1 aliphatic heterocycles. The van der Waals surface area contributed by atoms with E-state index < -0.39 is 5.60 Å². The summed E-state index contributed by atoms with van der Waals surface area (Å²) in [5, 5.41) is 0. The van der Waals surface area contributed by atoms with E-state index in [1.54, 1.807) is 4.90 Å². The van der Waals surface area contributed by atoms with Crippen molar-refractivity contribution >= 4 is 6.09 Å². The molecule has 4 nitrogen and oxygen atoms in total. The Labute approximate surface area is 103 Å². The molecular weight excluding hydrogens is 216 g/mol. The summed E-state index contributed by atoms with van der Waals surface area (Å²) in [6.45, 7) is 7.00. The molecule has 0 aromatic rings. The minimum absolute atomic E-state index is 0.0416. The minimum atomic E-state index is -0.424. The third-order valence-electron chi connectivity index (χ3n) is 3.29. The van der Waals surface area contributed by atoms with Gasteiger partial charge in [0.25, 0.3) is 0 Å². The number of ether oxygens (including phenoxy) is 1. The highest BCUT2D eigenvalue weighted by Crippen LogP contribution is 2.41. The number of hydrogen-bond donors (Lipinski definition) is 1. The normalized spacial score (nSPS) is 23.1. The Bertz CT molecular complexity index is 351. The summed E-state index contributed by atoms with van der Waals surface area (Å²) in [4.78, 5) is 13.6. The number of nitrogens with two attached hydrogens (primary N) is 1. The number of carbonyl (C=O) groups excluding carboxylic acids is 1. The van der Waals surface area contributed by atoms with Gasteiger partial charge >= 0.3 is 6.09 Å². The second-order valence-electron chi connectivity index (χ2n) is 6.06. The number of amides is 1. The zero-order valence-corrected chi connectivity index (χ0v) is 11.0. The van der Waals surface area contributed by atoms with Crippen LogP contribution in [0.4, 0.5) is 4.79 Å². The highest BCUT2D eigenvalue weighted by atomic mass is 16.6. The van der Waals surface area contributed by atoms with Gasteiger partial charge in [0.05, 0.1) is 0 Å². The highest BCUT2D eigenvalue weighted by Gasteiger charge is 2.42. The van der Waals surface area contributed by atoms with E-state index in [2.05, 4.69) is 6.08 Å². The molecule has 0 spiro atoms. The van der Waals surface area contributed by atoms with Gasteiger partial charge in [0, 0.05) is 18.6 Å². The average Bonchev–Trinajstić information content (AvgIpc) is 2.96. The maximum absolute atomic E-state index is 11.8. The molecule has 2 aliphatic rings. The first-order chi connectivity index (χ1) is 7.80. The summed E-state index contributed by atoms with van der Waals surface area (Å²) in [5.74, 6) is 0. The summed E-state index contributed by atoms with van der Waals surface area (Å²) >= 11 is 0. The van der Waals surface area contributed by atoms with E-state index in [9.17, 15) is 4.79 Å². The van der Waals surface area contributed by atoms with Crippen molar-refractivity contribution in [1.29, 1.82) is 0 Å². The molecular formula is C13H22N2O2. The second kappa shape index (κ2) is 4.02. The first kappa shape index (κ1) is 12.4. The Hall–Kier alpha value is -1.03. The van der Waals surface area contributed by atoms with Gasteiger partial charge in [0.15, 0.2) is 0 Å². The first-order valence-electron chi connectivity index (χ1n) is 6.26. The van der Waals surface area contributed by atoms with Crippen LogP contribution >= 0.6 is 0 Å². The largest absolute Gasteiger partial charge is 0.444 e. The molecule has 0 unspecified atom stereocenters. The standard InChI is InChI=1S/C13H22N2O2/c1-12(2,3)17-11(16)15-8-4-10(5-9-15)13(14)6-7-13/h4H,5-9,14H2,1-3H3. The van der Waals surface area contributed by atoms with Gasteiger partial charge in [-0.05, 0) is 40.0 Å². The first-order valence-corrected chi connectivity index (χ1v) is 6.26. The van der Waals surface area contributed by atoms with Crippen LogP contribution < -0.4 is 5.73 Å². The Morgan fingerprint density at radius 3 is 2.53 bits per heavy atom. The lowest BCUT2D eigenvalue weighted by Crippen LogP contribution is -2.41. The van der Waals surface area contributed by atoms with Gasteiger partial charge in [-0.15, -0.1) is 0 Å². The van der Waals surface area contributed by atoms with Crippen LogP contribution in [0.2, 0.25) is 0 Å². The maximum Gasteiger partial charge on any atom is 0.410 e. The van der Waals surface area contributed by atoms with Gasteiger partial charge in [-0.25, -0.2) is 4.79 Å². The van der Waals surface area contributed by atoms with Crippen LogP contribution in [0.25, 0.3) is 0 Å². The number of rotatable bonds is 1. The Morgan fingerprint density at radius 1 is 1.47 bits per heavy atom. The Balaban J connectivity index is 1.90. The lowest BCUT2D eigenvalue weighted by Gasteiger charge is -2.30. The van der Waals surface area contributed by atoms with Crippen LogP contribution in [0.5, 0.6) is 0 Å². The van der Waals surface area contributed by atoms with Crippen LogP contribution in [0.3, 0.4) is 0 Å². The molecule has 1 fully saturated rings. The quantitative estimate of drug-likeness (QED) is 0.711. The molecule has 1 aliphatic carbocycles. The second-order valence-corrected chi connectivity index (χ2v) is 6.06. The van der Waals surface area contributed by atoms with Gasteiger partial charge in [-0.2, -0.15) is 0 Å². The SMILES string of the molecule is CC(C)(C)OC(=O)N1CC=C(C2(N)CC2)CC1.